The Morgan fingerprint density at radius 1 is 1.05 bits per heavy atom. The number of halogens is 6. The molecule has 112 valence electrons. The van der Waals surface area contributed by atoms with Crippen molar-refractivity contribution < 1.29 is 26.3 Å². The normalized spacial score (nSPS) is 18.1. The lowest BCUT2D eigenvalue weighted by Gasteiger charge is -2.24. The smallest absolute Gasteiger partial charge is 0.313 e. The lowest BCUT2D eigenvalue weighted by atomic mass is 9.92. The van der Waals surface area contributed by atoms with E-state index in [1.807, 2.05) is 0 Å². The Morgan fingerprint density at radius 3 is 2.05 bits per heavy atom. The molecule has 1 aromatic carbocycles. The van der Waals surface area contributed by atoms with Gasteiger partial charge < -0.3 is 5.32 Å². The summed E-state index contributed by atoms with van der Waals surface area (Å²) in [6.45, 7) is 0. The minimum atomic E-state index is -5.04. The molecular weight excluding hydrogens is 284 g/mol. The number of alkyl halides is 6. The standard InChI is InChI=1S/C13H13F6N/c1-20-11(7-5-6-7)8-3-2-4-9(12(14,15)16)10(8)13(17,18)19/h2-4,7,11,20H,5-6H2,1H3. The van der Waals surface area contributed by atoms with Crippen LogP contribution in [0, 0.1) is 5.92 Å². The summed E-state index contributed by atoms with van der Waals surface area (Å²) in [5.41, 5.74) is -3.51. The summed E-state index contributed by atoms with van der Waals surface area (Å²) in [5, 5.41) is 2.70. The molecule has 1 unspecified atom stereocenters. The van der Waals surface area contributed by atoms with E-state index in [1.165, 1.54) is 7.05 Å². The van der Waals surface area contributed by atoms with Crippen LogP contribution in [0.3, 0.4) is 0 Å². The van der Waals surface area contributed by atoms with Crippen LogP contribution in [-0.4, -0.2) is 7.05 Å². The maximum absolute atomic E-state index is 13.1. The number of benzene rings is 1. The Kier molecular flexibility index (Phi) is 3.75. The van der Waals surface area contributed by atoms with E-state index >= 15 is 0 Å². The lowest BCUT2D eigenvalue weighted by molar-refractivity contribution is -0.162. The van der Waals surface area contributed by atoms with E-state index in [1.54, 1.807) is 0 Å². The number of rotatable bonds is 3. The maximum Gasteiger partial charge on any atom is 0.417 e. The first kappa shape index (κ1) is 15.2. The van der Waals surface area contributed by atoms with Crippen molar-refractivity contribution >= 4 is 0 Å². The molecule has 1 saturated carbocycles. The molecule has 1 aliphatic rings. The van der Waals surface area contributed by atoms with Crippen LogP contribution in [0.15, 0.2) is 18.2 Å². The second kappa shape index (κ2) is 4.95. The summed E-state index contributed by atoms with van der Waals surface area (Å²) in [6, 6.07) is 1.93. The van der Waals surface area contributed by atoms with Gasteiger partial charge in [-0.2, -0.15) is 26.3 Å². The summed E-state index contributed by atoms with van der Waals surface area (Å²) >= 11 is 0. The number of nitrogens with one attached hydrogen (secondary N) is 1. The van der Waals surface area contributed by atoms with Crippen LogP contribution < -0.4 is 5.32 Å². The monoisotopic (exact) mass is 297 g/mol. The zero-order valence-electron chi connectivity index (χ0n) is 10.6. The van der Waals surface area contributed by atoms with Gasteiger partial charge >= 0.3 is 12.4 Å². The lowest BCUT2D eigenvalue weighted by Crippen LogP contribution is -2.25. The van der Waals surface area contributed by atoms with Crippen molar-refractivity contribution in [1.82, 2.24) is 5.32 Å². The fraction of sp³-hybridized carbons (Fsp3) is 0.538. The van der Waals surface area contributed by atoms with Gasteiger partial charge in [0, 0.05) is 6.04 Å². The molecule has 0 spiro atoms. The number of hydrogen-bond acceptors (Lipinski definition) is 1. The van der Waals surface area contributed by atoms with Crippen LogP contribution >= 0.6 is 0 Å². The third-order valence-electron chi connectivity index (χ3n) is 3.43. The first-order chi connectivity index (χ1) is 9.16. The Balaban J connectivity index is 2.62. The van der Waals surface area contributed by atoms with Gasteiger partial charge in [-0.3, -0.25) is 0 Å². The molecule has 0 amide bonds. The van der Waals surface area contributed by atoms with Crippen molar-refractivity contribution in [1.29, 1.82) is 0 Å². The van der Waals surface area contributed by atoms with Gasteiger partial charge in [0.1, 0.15) is 0 Å². The number of hydrogen-bond donors (Lipinski definition) is 1. The van der Waals surface area contributed by atoms with Crippen LogP contribution in [0.1, 0.15) is 35.6 Å². The summed E-state index contributed by atoms with van der Waals surface area (Å²) in [6.07, 6.45) is -8.62. The summed E-state index contributed by atoms with van der Waals surface area (Å²) in [5.74, 6) is -0.0374. The average Bonchev–Trinajstić information content (AvgIpc) is 3.11. The van der Waals surface area contributed by atoms with Crippen molar-refractivity contribution in [2.45, 2.75) is 31.2 Å². The van der Waals surface area contributed by atoms with Crippen LogP contribution in [-0.2, 0) is 12.4 Å². The molecule has 0 radical (unpaired) electrons. The Morgan fingerprint density at radius 2 is 1.65 bits per heavy atom. The summed E-state index contributed by atoms with van der Waals surface area (Å²) < 4.78 is 77.7. The Labute approximate surface area is 112 Å². The van der Waals surface area contributed by atoms with Crippen molar-refractivity contribution in [3.05, 3.63) is 34.9 Å². The fourth-order valence-corrected chi connectivity index (χ4v) is 2.46. The van der Waals surface area contributed by atoms with Gasteiger partial charge in [0.15, 0.2) is 0 Å². The predicted octanol–water partition coefficient (Wildman–Crippen LogP) is 4.39. The largest absolute Gasteiger partial charge is 0.417 e. The van der Waals surface area contributed by atoms with E-state index in [0.29, 0.717) is 6.07 Å². The second-order valence-corrected chi connectivity index (χ2v) is 4.87. The highest BCUT2D eigenvalue weighted by Gasteiger charge is 2.46. The second-order valence-electron chi connectivity index (χ2n) is 4.87. The molecule has 0 saturated heterocycles. The molecule has 1 fully saturated rings. The highest BCUT2D eigenvalue weighted by atomic mass is 19.4. The maximum atomic E-state index is 13.1. The molecule has 0 bridgehead atoms. The van der Waals surface area contributed by atoms with Crippen molar-refractivity contribution in [3.63, 3.8) is 0 Å². The topological polar surface area (TPSA) is 12.0 Å². The van der Waals surface area contributed by atoms with Crippen molar-refractivity contribution in [2.24, 2.45) is 5.92 Å². The van der Waals surface area contributed by atoms with Gasteiger partial charge in [-0.25, -0.2) is 0 Å². The SMILES string of the molecule is CNC(c1cccc(C(F)(F)F)c1C(F)(F)F)C1CC1. The van der Waals surface area contributed by atoms with Gasteiger partial charge in [-0.1, -0.05) is 12.1 Å². The van der Waals surface area contributed by atoms with E-state index in [0.717, 1.165) is 25.0 Å². The van der Waals surface area contributed by atoms with E-state index in [9.17, 15) is 26.3 Å². The molecule has 20 heavy (non-hydrogen) atoms. The predicted molar refractivity (Wildman–Crippen MR) is 61.0 cm³/mol. The average molecular weight is 297 g/mol. The zero-order chi connectivity index (χ0) is 15.1. The van der Waals surface area contributed by atoms with Crippen LogP contribution in [0.2, 0.25) is 0 Å². The van der Waals surface area contributed by atoms with E-state index in [-0.39, 0.29) is 11.5 Å². The molecule has 1 aromatic rings. The fourth-order valence-electron chi connectivity index (χ4n) is 2.46. The molecule has 0 aliphatic heterocycles. The van der Waals surface area contributed by atoms with Crippen LogP contribution in [0.5, 0.6) is 0 Å². The molecule has 0 heterocycles. The molecule has 1 N–H and O–H groups in total. The van der Waals surface area contributed by atoms with Crippen molar-refractivity contribution in [3.8, 4) is 0 Å². The molecule has 1 atom stereocenters. The van der Waals surface area contributed by atoms with E-state index in [2.05, 4.69) is 5.32 Å². The highest BCUT2D eigenvalue weighted by molar-refractivity contribution is 5.41. The van der Waals surface area contributed by atoms with E-state index < -0.39 is 29.5 Å². The first-order valence-corrected chi connectivity index (χ1v) is 6.11. The van der Waals surface area contributed by atoms with Crippen LogP contribution in [0.4, 0.5) is 26.3 Å². The third kappa shape index (κ3) is 2.92. The van der Waals surface area contributed by atoms with Gasteiger partial charge in [0.25, 0.3) is 0 Å². The Hall–Kier alpha value is -1.24. The quantitative estimate of drug-likeness (QED) is 0.816. The molecule has 7 heteroatoms. The van der Waals surface area contributed by atoms with Gasteiger partial charge in [0.05, 0.1) is 11.1 Å². The third-order valence-corrected chi connectivity index (χ3v) is 3.43. The summed E-state index contributed by atoms with van der Waals surface area (Å²) in [7, 11) is 1.46. The molecule has 1 nitrogen and oxygen atoms in total. The highest BCUT2D eigenvalue weighted by Crippen LogP contribution is 2.48. The van der Waals surface area contributed by atoms with Crippen LogP contribution in [0.25, 0.3) is 0 Å². The van der Waals surface area contributed by atoms with Gasteiger partial charge in [0.2, 0.25) is 0 Å². The molecule has 2 rings (SSSR count). The van der Waals surface area contributed by atoms with Crippen molar-refractivity contribution in [2.75, 3.05) is 7.05 Å². The Bertz CT molecular complexity index is 487. The minimum Gasteiger partial charge on any atom is -0.313 e. The molecular formula is C13H13F6N. The zero-order valence-corrected chi connectivity index (χ0v) is 10.6. The van der Waals surface area contributed by atoms with E-state index in [4.69, 9.17) is 0 Å². The molecule has 0 aromatic heterocycles. The van der Waals surface area contributed by atoms with Gasteiger partial charge in [-0.15, -0.1) is 0 Å². The first-order valence-electron chi connectivity index (χ1n) is 6.11. The minimum absolute atomic E-state index is 0.0374. The van der Waals surface area contributed by atoms with Gasteiger partial charge in [-0.05, 0) is 37.4 Å². The summed E-state index contributed by atoms with van der Waals surface area (Å²) in [4.78, 5) is 0. The molecule has 1 aliphatic carbocycles.